The lowest BCUT2D eigenvalue weighted by Gasteiger charge is -2.06. The standard InChI is InChI=1S/C20H22O2/c1-16(2)20(21)22-15-14-19-12-10-18(11-13-19)9-8-17-6-4-3-5-7-17/h3-7,10-13H,1,8-9,14-15H2,2H3. The summed E-state index contributed by atoms with van der Waals surface area (Å²) in [6, 6.07) is 19.0. The minimum atomic E-state index is -0.320. The lowest BCUT2D eigenvalue weighted by atomic mass is 10.0. The molecule has 0 unspecified atom stereocenters. The molecule has 0 aromatic heterocycles. The fourth-order valence-corrected chi connectivity index (χ4v) is 2.19. The first kappa shape index (κ1) is 16.0. The Balaban J connectivity index is 1.78. The molecule has 114 valence electrons. The first-order valence-corrected chi connectivity index (χ1v) is 7.59. The van der Waals surface area contributed by atoms with E-state index < -0.39 is 0 Å². The quantitative estimate of drug-likeness (QED) is 0.567. The van der Waals surface area contributed by atoms with Crippen LogP contribution in [0.1, 0.15) is 23.6 Å². The molecule has 2 heteroatoms. The Morgan fingerprint density at radius 3 is 1.91 bits per heavy atom. The van der Waals surface area contributed by atoms with Crippen LogP contribution in [0, 0.1) is 0 Å². The number of benzene rings is 2. The van der Waals surface area contributed by atoms with Crippen LogP contribution >= 0.6 is 0 Å². The highest BCUT2D eigenvalue weighted by Gasteiger charge is 2.03. The first-order valence-electron chi connectivity index (χ1n) is 7.59. The first-order chi connectivity index (χ1) is 10.6. The van der Waals surface area contributed by atoms with Gasteiger partial charge in [-0.05, 0) is 36.5 Å². The van der Waals surface area contributed by atoms with Crippen LogP contribution in [0.15, 0.2) is 66.7 Å². The molecular weight excluding hydrogens is 272 g/mol. The van der Waals surface area contributed by atoms with Gasteiger partial charge in [0.25, 0.3) is 0 Å². The Hall–Kier alpha value is -2.35. The summed E-state index contributed by atoms with van der Waals surface area (Å²) in [6.45, 7) is 5.62. The van der Waals surface area contributed by atoms with Crippen LogP contribution in [0.2, 0.25) is 0 Å². The molecule has 0 spiro atoms. The summed E-state index contributed by atoms with van der Waals surface area (Å²) in [4.78, 5) is 11.3. The van der Waals surface area contributed by atoms with Crippen molar-refractivity contribution in [3.63, 3.8) is 0 Å². The highest BCUT2D eigenvalue weighted by atomic mass is 16.5. The summed E-state index contributed by atoms with van der Waals surface area (Å²) in [5, 5.41) is 0. The molecule has 0 saturated heterocycles. The summed E-state index contributed by atoms with van der Waals surface area (Å²) in [6.07, 6.45) is 2.82. The molecule has 0 aliphatic carbocycles. The fraction of sp³-hybridized carbons (Fsp3) is 0.250. The molecule has 2 nitrogen and oxygen atoms in total. The Morgan fingerprint density at radius 1 is 0.864 bits per heavy atom. The molecule has 0 aliphatic rings. The molecule has 0 N–H and O–H groups in total. The monoisotopic (exact) mass is 294 g/mol. The topological polar surface area (TPSA) is 26.3 Å². The summed E-state index contributed by atoms with van der Waals surface area (Å²) in [7, 11) is 0. The average molecular weight is 294 g/mol. The average Bonchev–Trinajstić information content (AvgIpc) is 2.55. The van der Waals surface area contributed by atoms with Crippen molar-refractivity contribution in [2.75, 3.05) is 6.61 Å². The van der Waals surface area contributed by atoms with E-state index in [2.05, 4.69) is 55.1 Å². The zero-order chi connectivity index (χ0) is 15.8. The number of carbonyl (C=O) groups excluding carboxylic acids is 1. The van der Waals surface area contributed by atoms with Gasteiger partial charge in [-0.1, -0.05) is 61.2 Å². The van der Waals surface area contributed by atoms with Crippen molar-refractivity contribution in [1.29, 1.82) is 0 Å². The van der Waals surface area contributed by atoms with Gasteiger partial charge in [0, 0.05) is 12.0 Å². The maximum absolute atomic E-state index is 11.3. The van der Waals surface area contributed by atoms with E-state index in [4.69, 9.17) is 4.74 Å². The SMILES string of the molecule is C=C(C)C(=O)OCCc1ccc(CCc2ccccc2)cc1. The number of rotatable bonds is 7. The number of esters is 1. The highest BCUT2D eigenvalue weighted by Crippen LogP contribution is 2.10. The van der Waals surface area contributed by atoms with Crippen LogP contribution in [0.4, 0.5) is 0 Å². The Morgan fingerprint density at radius 2 is 1.36 bits per heavy atom. The van der Waals surface area contributed by atoms with Crippen LogP contribution < -0.4 is 0 Å². The molecule has 0 radical (unpaired) electrons. The normalized spacial score (nSPS) is 10.2. The van der Waals surface area contributed by atoms with Crippen molar-refractivity contribution in [2.45, 2.75) is 26.2 Å². The van der Waals surface area contributed by atoms with Crippen molar-refractivity contribution >= 4 is 5.97 Å². The number of hydrogen-bond donors (Lipinski definition) is 0. The summed E-state index contributed by atoms with van der Waals surface area (Å²) in [5.41, 5.74) is 4.30. The van der Waals surface area contributed by atoms with Gasteiger partial charge in [0.1, 0.15) is 0 Å². The van der Waals surface area contributed by atoms with E-state index in [0.717, 1.165) is 19.3 Å². The predicted octanol–water partition coefficient (Wildman–Crippen LogP) is 4.13. The van der Waals surface area contributed by atoms with Crippen molar-refractivity contribution in [3.8, 4) is 0 Å². The zero-order valence-corrected chi connectivity index (χ0v) is 13.0. The third kappa shape index (κ3) is 5.21. The largest absolute Gasteiger partial charge is 0.462 e. The maximum atomic E-state index is 11.3. The van der Waals surface area contributed by atoms with Crippen molar-refractivity contribution in [2.24, 2.45) is 0 Å². The molecule has 0 atom stereocenters. The van der Waals surface area contributed by atoms with Gasteiger partial charge in [0.05, 0.1) is 6.61 Å². The van der Waals surface area contributed by atoms with Crippen molar-refractivity contribution in [3.05, 3.63) is 83.4 Å². The van der Waals surface area contributed by atoms with Crippen molar-refractivity contribution in [1.82, 2.24) is 0 Å². The molecule has 2 aromatic carbocycles. The van der Waals surface area contributed by atoms with E-state index in [-0.39, 0.29) is 5.97 Å². The molecule has 2 rings (SSSR count). The van der Waals surface area contributed by atoms with Crippen LogP contribution in [0.5, 0.6) is 0 Å². The van der Waals surface area contributed by atoms with Crippen LogP contribution in [-0.4, -0.2) is 12.6 Å². The van der Waals surface area contributed by atoms with E-state index >= 15 is 0 Å². The van der Waals surface area contributed by atoms with E-state index in [0.29, 0.717) is 12.2 Å². The summed E-state index contributed by atoms with van der Waals surface area (Å²) < 4.78 is 5.10. The molecule has 0 bridgehead atoms. The van der Waals surface area contributed by atoms with Crippen LogP contribution in [0.3, 0.4) is 0 Å². The third-order valence-electron chi connectivity index (χ3n) is 3.54. The number of ether oxygens (including phenoxy) is 1. The second kappa shape index (κ2) is 8.18. The maximum Gasteiger partial charge on any atom is 0.333 e. The van der Waals surface area contributed by atoms with Gasteiger partial charge in [-0.25, -0.2) is 4.79 Å². The Kier molecular flexibility index (Phi) is 5.96. The number of aryl methyl sites for hydroxylation is 2. The zero-order valence-electron chi connectivity index (χ0n) is 13.0. The lowest BCUT2D eigenvalue weighted by molar-refractivity contribution is -0.138. The van der Waals surface area contributed by atoms with Crippen LogP contribution in [0.25, 0.3) is 0 Å². The lowest BCUT2D eigenvalue weighted by Crippen LogP contribution is -2.08. The smallest absolute Gasteiger partial charge is 0.333 e. The van der Waals surface area contributed by atoms with Gasteiger partial charge in [0.2, 0.25) is 0 Å². The van der Waals surface area contributed by atoms with Crippen molar-refractivity contribution < 1.29 is 9.53 Å². The predicted molar refractivity (Wildman–Crippen MR) is 89.8 cm³/mol. The second-order valence-corrected chi connectivity index (χ2v) is 5.47. The second-order valence-electron chi connectivity index (χ2n) is 5.47. The van der Waals surface area contributed by atoms with E-state index in [9.17, 15) is 4.79 Å². The molecule has 0 aliphatic heterocycles. The van der Waals surface area contributed by atoms with Gasteiger partial charge in [-0.2, -0.15) is 0 Å². The molecule has 0 amide bonds. The number of carbonyl (C=O) groups is 1. The summed E-state index contributed by atoms with van der Waals surface area (Å²) in [5.74, 6) is -0.320. The van der Waals surface area contributed by atoms with E-state index in [1.165, 1.54) is 16.7 Å². The molecule has 22 heavy (non-hydrogen) atoms. The highest BCUT2D eigenvalue weighted by molar-refractivity contribution is 5.86. The van der Waals surface area contributed by atoms with Crippen LogP contribution in [-0.2, 0) is 28.8 Å². The van der Waals surface area contributed by atoms with Gasteiger partial charge in [-0.3, -0.25) is 0 Å². The Bertz CT molecular complexity index is 612. The van der Waals surface area contributed by atoms with E-state index in [1.54, 1.807) is 6.92 Å². The number of hydrogen-bond acceptors (Lipinski definition) is 2. The molecule has 2 aromatic rings. The van der Waals surface area contributed by atoms with Gasteiger partial charge >= 0.3 is 5.97 Å². The fourth-order valence-electron chi connectivity index (χ4n) is 2.19. The molecule has 0 fully saturated rings. The summed E-state index contributed by atoms with van der Waals surface area (Å²) >= 11 is 0. The molecule has 0 saturated carbocycles. The minimum Gasteiger partial charge on any atom is -0.462 e. The van der Waals surface area contributed by atoms with Gasteiger partial charge in [-0.15, -0.1) is 0 Å². The molecule has 0 heterocycles. The van der Waals surface area contributed by atoms with E-state index in [1.807, 2.05) is 6.07 Å². The van der Waals surface area contributed by atoms with Gasteiger partial charge in [0.15, 0.2) is 0 Å². The minimum absolute atomic E-state index is 0.320. The van der Waals surface area contributed by atoms with Gasteiger partial charge < -0.3 is 4.74 Å². The Labute approximate surface area is 132 Å². The molecular formula is C20H22O2. The third-order valence-corrected chi connectivity index (χ3v) is 3.54.